The molecule has 424 valence electrons. The molecule has 3 saturated carbocycles. The van der Waals surface area contributed by atoms with Crippen LogP contribution in [0.1, 0.15) is 175 Å². The van der Waals surface area contributed by atoms with E-state index in [-0.39, 0.29) is 41.8 Å². The molecule has 0 heterocycles. The third kappa shape index (κ3) is 13.6. The van der Waals surface area contributed by atoms with Crippen molar-refractivity contribution in [2.24, 2.45) is 40.9 Å². The number of alkyl carbamates (subject to hydrolysis) is 1. The number of hydrogen-bond donors (Lipinski definition) is 1. The standard InChI is InChI=1S/C51H72F17NO4/c1-4-5-6-7-8-9-10-11-12-13-14-15-16-17-18-19-20-41(70)73-35-27-28-43(3)34(31-35)21-22-39-38-24-23-36(37(38)25-26-40(39)43)33(2)32-72-42(71)69-30-29-44(52,53)45(54,55)46(56,57)47(58,59)48(60,61)49(62,63)50(64,65)51(66,67)68/h11-12,21,33,35-40H,4-10,13-20,22-32H2,1-3H3,(H,69,71)/b12-11+/t33?,35-,36+,37?,38+,39-,40-,43+/m0/s1. The van der Waals surface area contributed by atoms with Gasteiger partial charge < -0.3 is 14.8 Å². The van der Waals surface area contributed by atoms with Crippen molar-refractivity contribution in [1.29, 1.82) is 0 Å². The van der Waals surface area contributed by atoms with Crippen molar-refractivity contribution in [3.63, 3.8) is 0 Å². The Kier molecular flexibility index (Phi) is 21.4. The van der Waals surface area contributed by atoms with Gasteiger partial charge in [-0.2, -0.15) is 74.6 Å². The zero-order chi connectivity index (χ0) is 54.9. The van der Waals surface area contributed by atoms with Crippen LogP contribution in [0.15, 0.2) is 23.8 Å². The molecule has 8 atom stereocenters. The Labute approximate surface area is 416 Å². The van der Waals surface area contributed by atoms with Crippen LogP contribution in [-0.2, 0) is 14.3 Å². The van der Waals surface area contributed by atoms with Gasteiger partial charge in [0.25, 0.3) is 0 Å². The third-order valence-corrected chi connectivity index (χ3v) is 16.3. The normalized spacial score (nSPS) is 25.9. The van der Waals surface area contributed by atoms with E-state index in [1.54, 1.807) is 6.92 Å². The van der Waals surface area contributed by atoms with Crippen LogP contribution in [0.5, 0.6) is 0 Å². The van der Waals surface area contributed by atoms with Crippen molar-refractivity contribution in [1.82, 2.24) is 5.32 Å². The number of alkyl halides is 17. The van der Waals surface area contributed by atoms with Gasteiger partial charge in [0.05, 0.1) is 6.61 Å². The minimum atomic E-state index is -8.70. The van der Waals surface area contributed by atoms with Gasteiger partial charge in [0, 0.05) is 25.8 Å². The number of nitrogens with one attached hydrogen (secondary N) is 1. The molecule has 4 aliphatic carbocycles. The second-order valence-electron chi connectivity index (χ2n) is 21.2. The molecule has 73 heavy (non-hydrogen) atoms. The molecule has 0 bridgehead atoms. The first-order valence-electron chi connectivity index (χ1n) is 25.9. The highest BCUT2D eigenvalue weighted by atomic mass is 19.4. The number of ether oxygens (including phenoxy) is 2. The molecule has 0 spiro atoms. The number of amides is 1. The fourth-order valence-corrected chi connectivity index (χ4v) is 12.0. The molecule has 0 aromatic heterocycles. The van der Waals surface area contributed by atoms with Crippen LogP contribution in [0.3, 0.4) is 0 Å². The average molecular weight is 1090 g/mol. The summed E-state index contributed by atoms with van der Waals surface area (Å²) in [6.45, 7) is 4.10. The second-order valence-corrected chi connectivity index (χ2v) is 21.2. The van der Waals surface area contributed by atoms with Crippen LogP contribution in [0, 0.1) is 40.9 Å². The van der Waals surface area contributed by atoms with E-state index in [2.05, 4.69) is 32.1 Å². The summed E-state index contributed by atoms with van der Waals surface area (Å²) in [6, 6.07) is 0. The molecule has 0 saturated heterocycles. The number of fused-ring (bicyclic) bond motifs is 5. The molecule has 0 aromatic carbocycles. The number of allylic oxidation sites excluding steroid dienone is 3. The topological polar surface area (TPSA) is 64.6 Å². The zero-order valence-electron chi connectivity index (χ0n) is 41.7. The molecule has 2 unspecified atom stereocenters. The molecule has 0 aromatic rings. The Balaban J connectivity index is 1.18. The fourth-order valence-electron chi connectivity index (χ4n) is 12.0. The second kappa shape index (κ2) is 25.0. The van der Waals surface area contributed by atoms with E-state index in [0.29, 0.717) is 30.6 Å². The molecular weight excluding hydrogens is 1010 g/mol. The Morgan fingerprint density at radius 2 is 1.18 bits per heavy atom. The van der Waals surface area contributed by atoms with Gasteiger partial charge in [0.15, 0.2) is 0 Å². The summed E-state index contributed by atoms with van der Waals surface area (Å²) >= 11 is 0. The van der Waals surface area contributed by atoms with Gasteiger partial charge in [-0.05, 0) is 118 Å². The number of carbonyl (C=O) groups is 2. The highest BCUT2D eigenvalue weighted by molar-refractivity contribution is 5.69. The first-order valence-corrected chi connectivity index (χ1v) is 25.9. The Morgan fingerprint density at radius 1 is 0.658 bits per heavy atom. The van der Waals surface area contributed by atoms with E-state index in [4.69, 9.17) is 9.47 Å². The summed E-state index contributed by atoms with van der Waals surface area (Å²) in [6.07, 6.45) is 18.0. The van der Waals surface area contributed by atoms with Crippen molar-refractivity contribution >= 4 is 12.1 Å². The summed E-state index contributed by atoms with van der Waals surface area (Å²) in [5.74, 6) is -56.1. The van der Waals surface area contributed by atoms with Crippen LogP contribution in [0.2, 0.25) is 0 Å². The van der Waals surface area contributed by atoms with Crippen LogP contribution in [0.4, 0.5) is 79.4 Å². The van der Waals surface area contributed by atoms with Gasteiger partial charge >= 0.3 is 59.7 Å². The lowest BCUT2D eigenvalue weighted by atomic mass is 9.50. The van der Waals surface area contributed by atoms with Crippen molar-refractivity contribution in [3.8, 4) is 0 Å². The minimum Gasteiger partial charge on any atom is -0.462 e. The maximum absolute atomic E-state index is 14.4. The molecule has 4 rings (SSSR count). The third-order valence-electron chi connectivity index (χ3n) is 16.3. The molecule has 0 radical (unpaired) electrons. The van der Waals surface area contributed by atoms with E-state index < -0.39 is 66.7 Å². The summed E-state index contributed by atoms with van der Waals surface area (Å²) in [5.41, 5.74) is 1.24. The first-order chi connectivity index (χ1) is 33.8. The molecular formula is C51H72F17NO4. The van der Waals surface area contributed by atoms with Gasteiger partial charge in [-0.15, -0.1) is 0 Å². The van der Waals surface area contributed by atoms with Gasteiger partial charge in [-0.25, -0.2) is 4.79 Å². The number of halogens is 17. The predicted octanol–water partition coefficient (Wildman–Crippen LogP) is 17.3. The minimum absolute atomic E-state index is 0.0207. The summed E-state index contributed by atoms with van der Waals surface area (Å²) in [5, 5.41) is 1.47. The molecule has 3 fully saturated rings. The summed E-state index contributed by atoms with van der Waals surface area (Å²) in [4.78, 5) is 25.2. The summed E-state index contributed by atoms with van der Waals surface area (Å²) in [7, 11) is 0. The monoisotopic (exact) mass is 1090 g/mol. The van der Waals surface area contributed by atoms with Gasteiger partial charge in [-0.3, -0.25) is 4.79 Å². The number of hydrogen-bond acceptors (Lipinski definition) is 4. The SMILES string of the molecule is CCCCCCCC/C=C/CCCCCCCCC(=O)O[C@H]1CC[C@]2(C)C(=CC[C@H]3[C@@H]4CC[C@H](C(C)COC(=O)NCCC(F)(F)C(F)(F)C(F)(F)C(F)(F)C(F)(F)C(F)(F)C(F)(F)C(F)(F)F)C4CC[C@@H]32)C1. The fraction of sp³-hybridized carbons (Fsp3) is 0.882. The van der Waals surface area contributed by atoms with Gasteiger partial charge in [0.1, 0.15) is 6.10 Å². The smallest absolute Gasteiger partial charge is 0.460 e. The molecule has 5 nitrogen and oxygen atoms in total. The summed E-state index contributed by atoms with van der Waals surface area (Å²) < 4.78 is 242. The molecule has 1 N–H and O–H groups in total. The van der Waals surface area contributed by atoms with Crippen LogP contribution < -0.4 is 5.32 Å². The number of unbranched alkanes of at least 4 members (excludes halogenated alkanes) is 12. The lowest BCUT2D eigenvalue weighted by Crippen LogP contribution is -2.74. The quantitative estimate of drug-likeness (QED) is 0.0351. The Bertz CT molecular complexity index is 1840. The first kappa shape index (κ1) is 62.6. The van der Waals surface area contributed by atoms with Gasteiger partial charge in [-0.1, -0.05) is 102 Å². The van der Waals surface area contributed by atoms with Crippen LogP contribution in [-0.4, -0.2) is 79.0 Å². The highest BCUT2D eigenvalue weighted by Gasteiger charge is 2.95. The lowest BCUT2D eigenvalue weighted by Gasteiger charge is -2.55. The number of esters is 1. The maximum Gasteiger partial charge on any atom is 0.460 e. The van der Waals surface area contributed by atoms with Crippen LogP contribution >= 0.6 is 0 Å². The van der Waals surface area contributed by atoms with Crippen molar-refractivity contribution in [3.05, 3.63) is 23.8 Å². The van der Waals surface area contributed by atoms with Crippen molar-refractivity contribution in [2.45, 2.75) is 229 Å². The number of carbonyl (C=O) groups excluding carboxylic acids is 2. The largest absolute Gasteiger partial charge is 0.462 e. The van der Waals surface area contributed by atoms with Crippen molar-refractivity contribution in [2.75, 3.05) is 13.2 Å². The average Bonchev–Trinajstić information content (AvgIpc) is 3.75. The number of rotatable bonds is 29. The maximum atomic E-state index is 14.4. The van der Waals surface area contributed by atoms with Crippen LogP contribution in [0.25, 0.3) is 0 Å². The van der Waals surface area contributed by atoms with E-state index in [9.17, 15) is 84.2 Å². The predicted molar refractivity (Wildman–Crippen MR) is 238 cm³/mol. The molecule has 4 aliphatic rings. The molecule has 1 amide bonds. The van der Waals surface area contributed by atoms with Crippen molar-refractivity contribution < 1.29 is 93.7 Å². The van der Waals surface area contributed by atoms with E-state index >= 15 is 0 Å². The molecule has 22 heteroatoms. The van der Waals surface area contributed by atoms with E-state index in [0.717, 1.165) is 83.5 Å². The highest BCUT2D eigenvalue weighted by Crippen LogP contribution is 2.65. The van der Waals surface area contributed by atoms with E-state index in [1.165, 1.54) is 62.3 Å². The lowest BCUT2D eigenvalue weighted by molar-refractivity contribution is -0.461. The Morgan fingerprint density at radius 3 is 1.75 bits per heavy atom. The zero-order valence-corrected chi connectivity index (χ0v) is 41.7. The molecule has 0 aliphatic heterocycles. The van der Waals surface area contributed by atoms with E-state index in [1.807, 2.05) is 0 Å². The Hall–Kier alpha value is -2.97. The van der Waals surface area contributed by atoms with Gasteiger partial charge in [0.2, 0.25) is 0 Å².